The van der Waals surface area contributed by atoms with Gasteiger partial charge in [0, 0.05) is 35.8 Å². The molecule has 0 radical (unpaired) electrons. The quantitative estimate of drug-likeness (QED) is 0.769. The molecule has 1 heterocycles. The highest BCUT2D eigenvalue weighted by Gasteiger charge is 1.99. The molecule has 1 aromatic heterocycles. The molecule has 106 valence electrons. The van der Waals surface area contributed by atoms with E-state index in [9.17, 15) is 0 Å². The lowest BCUT2D eigenvalue weighted by atomic mass is 10.2. The maximum Gasteiger partial charge on any atom is 0.101 e. The molecule has 0 bridgehead atoms. The standard InChI is InChI=1S/C15H17BrN2OS/c1-19-9-8-17-10-12-2-5-14(6-3-12)20-15-7-4-13(16)11-18-15/h2-7,11,17H,8-10H2,1H3. The molecule has 0 atom stereocenters. The van der Waals surface area contributed by atoms with Gasteiger partial charge in [-0.2, -0.15) is 0 Å². The Kier molecular flexibility index (Phi) is 6.53. The van der Waals surface area contributed by atoms with Gasteiger partial charge in [0.25, 0.3) is 0 Å². The van der Waals surface area contributed by atoms with Crippen LogP contribution in [0.5, 0.6) is 0 Å². The first-order valence-corrected chi connectivity index (χ1v) is 7.97. The third-order valence-electron chi connectivity index (χ3n) is 2.66. The average molecular weight is 353 g/mol. The summed E-state index contributed by atoms with van der Waals surface area (Å²) in [4.78, 5) is 5.55. The third kappa shape index (κ3) is 5.25. The SMILES string of the molecule is COCCNCc1ccc(Sc2ccc(Br)cn2)cc1. The minimum Gasteiger partial charge on any atom is -0.383 e. The van der Waals surface area contributed by atoms with E-state index in [1.165, 1.54) is 10.5 Å². The van der Waals surface area contributed by atoms with Crippen molar-refractivity contribution in [2.75, 3.05) is 20.3 Å². The van der Waals surface area contributed by atoms with Crippen molar-refractivity contribution >= 4 is 27.7 Å². The van der Waals surface area contributed by atoms with Gasteiger partial charge < -0.3 is 10.1 Å². The zero-order valence-corrected chi connectivity index (χ0v) is 13.7. The number of nitrogens with zero attached hydrogens (tertiary/aromatic N) is 1. The Labute approximate surface area is 132 Å². The number of aromatic nitrogens is 1. The number of ether oxygens (including phenoxy) is 1. The molecule has 0 unspecified atom stereocenters. The first-order valence-electron chi connectivity index (χ1n) is 6.36. The molecule has 1 N–H and O–H groups in total. The predicted octanol–water partition coefficient (Wildman–Crippen LogP) is 3.73. The van der Waals surface area contributed by atoms with Crippen LogP contribution in [0.25, 0.3) is 0 Å². The molecule has 3 nitrogen and oxygen atoms in total. The van der Waals surface area contributed by atoms with Crippen LogP contribution >= 0.6 is 27.7 Å². The zero-order chi connectivity index (χ0) is 14.2. The lowest BCUT2D eigenvalue weighted by Gasteiger charge is -2.05. The highest BCUT2D eigenvalue weighted by Crippen LogP contribution is 2.26. The van der Waals surface area contributed by atoms with Crippen molar-refractivity contribution in [3.05, 3.63) is 52.6 Å². The molecule has 0 saturated heterocycles. The van der Waals surface area contributed by atoms with E-state index in [1.54, 1.807) is 18.9 Å². The molecule has 0 fully saturated rings. The Morgan fingerprint density at radius 3 is 2.65 bits per heavy atom. The number of nitrogens with one attached hydrogen (secondary N) is 1. The van der Waals surface area contributed by atoms with Crippen molar-refractivity contribution in [3.8, 4) is 0 Å². The predicted molar refractivity (Wildman–Crippen MR) is 86.1 cm³/mol. The molecule has 2 rings (SSSR count). The molecule has 5 heteroatoms. The van der Waals surface area contributed by atoms with Gasteiger partial charge in [0.05, 0.1) is 6.61 Å². The van der Waals surface area contributed by atoms with E-state index in [0.717, 1.165) is 29.2 Å². The minimum absolute atomic E-state index is 0.739. The second-order valence-corrected chi connectivity index (χ2v) is 6.24. The normalized spacial score (nSPS) is 10.7. The van der Waals surface area contributed by atoms with Gasteiger partial charge in [-0.25, -0.2) is 4.98 Å². The fraction of sp³-hybridized carbons (Fsp3) is 0.267. The van der Waals surface area contributed by atoms with Gasteiger partial charge in [-0.05, 0) is 45.8 Å². The second-order valence-electron chi connectivity index (χ2n) is 4.23. The van der Waals surface area contributed by atoms with Crippen LogP contribution in [-0.2, 0) is 11.3 Å². The first kappa shape index (κ1) is 15.5. The van der Waals surface area contributed by atoms with Crippen LogP contribution in [-0.4, -0.2) is 25.2 Å². The van der Waals surface area contributed by atoms with Crippen molar-refractivity contribution < 1.29 is 4.74 Å². The van der Waals surface area contributed by atoms with Crippen LogP contribution < -0.4 is 5.32 Å². The Hall–Kier alpha value is -0.880. The van der Waals surface area contributed by atoms with Crippen LogP contribution in [0.3, 0.4) is 0 Å². The summed E-state index contributed by atoms with van der Waals surface area (Å²) in [6.45, 7) is 2.48. The van der Waals surface area contributed by atoms with Gasteiger partial charge in [0.1, 0.15) is 5.03 Å². The summed E-state index contributed by atoms with van der Waals surface area (Å²) in [6.07, 6.45) is 1.82. The van der Waals surface area contributed by atoms with Gasteiger partial charge in [0.15, 0.2) is 0 Å². The minimum atomic E-state index is 0.739. The van der Waals surface area contributed by atoms with Gasteiger partial charge in [-0.1, -0.05) is 23.9 Å². The maximum atomic E-state index is 5.00. The van der Waals surface area contributed by atoms with E-state index >= 15 is 0 Å². The van der Waals surface area contributed by atoms with Gasteiger partial charge >= 0.3 is 0 Å². The highest BCUT2D eigenvalue weighted by atomic mass is 79.9. The number of rotatable bonds is 7. The van der Waals surface area contributed by atoms with E-state index < -0.39 is 0 Å². The van der Waals surface area contributed by atoms with Gasteiger partial charge in [-0.15, -0.1) is 0 Å². The topological polar surface area (TPSA) is 34.1 Å². The molecular formula is C15H17BrN2OS. The van der Waals surface area contributed by atoms with Crippen molar-refractivity contribution in [1.82, 2.24) is 10.3 Å². The van der Waals surface area contributed by atoms with Crippen molar-refractivity contribution in [2.45, 2.75) is 16.5 Å². The van der Waals surface area contributed by atoms with Gasteiger partial charge in [0.2, 0.25) is 0 Å². The molecule has 2 aromatic rings. The summed E-state index contributed by atoms with van der Waals surface area (Å²) in [7, 11) is 1.71. The molecule has 0 amide bonds. The zero-order valence-electron chi connectivity index (χ0n) is 11.3. The molecule has 0 spiro atoms. The number of pyridine rings is 1. The van der Waals surface area contributed by atoms with Crippen molar-refractivity contribution in [2.24, 2.45) is 0 Å². The summed E-state index contributed by atoms with van der Waals surface area (Å²) < 4.78 is 6.00. The maximum absolute atomic E-state index is 5.00. The monoisotopic (exact) mass is 352 g/mol. The molecular weight excluding hydrogens is 336 g/mol. The smallest absolute Gasteiger partial charge is 0.101 e. The second kappa shape index (κ2) is 8.42. The molecule has 0 aliphatic carbocycles. The summed E-state index contributed by atoms with van der Waals surface area (Å²) >= 11 is 5.05. The Balaban J connectivity index is 1.86. The van der Waals surface area contributed by atoms with Crippen LogP contribution in [0.1, 0.15) is 5.56 Å². The van der Waals surface area contributed by atoms with Crippen LogP contribution in [0.2, 0.25) is 0 Å². The Morgan fingerprint density at radius 1 is 1.20 bits per heavy atom. The molecule has 0 aliphatic rings. The van der Waals surface area contributed by atoms with Crippen LogP contribution in [0, 0.1) is 0 Å². The van der Waals surface area contributed by atoms with E-state index in [-0.39, 0.29) is 0 Å². The number of hydrogen-bond acceptors (Lipinski definition) is 4. The van der Waals surface area contributed by atoms with Crippen LogP contribution in [0.4, 0.5) is 0 Å². The largest absolute Gasteiger partial charge is 0.383 e. The summed E-state index contributed by atoms with van der Waals surface area (Å²) in [5.74, 6) is 0. The lowest BCUT2D eigenvalue weighted by molar-refractivity contribution is 0.199. The fourth-order valence-corrected chi connectivity index (χ4v) is 2.62. The fourth-order valence-electron chi connectivity index (χ4n) is 1.63. The molecule has 0 aliphatic heterocycles. The first-order chi connectivity index (χ1) is 9.78. The Morgan fingerprint density at radius 2 is 2.00 bits per heavy atom. The number of methoxy groups -OCH3 is 1. The van der Waals surface area contributed by atoms with Crippen LogP contribution in [0.15, 0.2) is 57.0 Å². The molecule has 0 saturated carbocycles. The summed E-state index contributed by atoms with van der Waals surface area (Å²) in [6, 6.07) is 12.5. The average Bonchev–Trinajstić information content (AvgIpc) is 2.48. The van der Waals surface area contributed by atoms with E-state index in [4.69, 9.17) is 4.74 Å². The van der Waals surface area contributed by atoms with Crippen molar-refractivity contribution in [3.63, 3.8) is 0 Å². The van der Waals surface area contributed by atoms with Crippen molar-refractivity contribution in [1.29, 1.82) is 0 Å². The van der Waals surface area contributed by atoms with E-state index in [1.807, 2.05) is 18.3 Å². The number of benzene rings is 1. The number of halogens is 1. The molecule has 20 heavy (non-hydrogen) atoms. The number of hydrogen-bond donors (Lipinski definition) is 1. The highest BCUT2D eigenvalue weighted by molar-refractivity contribution is 9.10. The lowest BCUT2D eigenvalue weighted by Crippen LogP contribution is -2.18. The summed E-state index contributed by atoms with van der Waals surface area (Å²) in [5, 5.41) is 4.33. The van der Waals surface area contributed by atoms with Gasteiger partial charge in [-0.3, -0.25) is 0 Å². The third-order valence-corrected chi connectivity index (χ3v) is 4.09. The Bertz CT molecular complexity index is 516. The van der Waals surface area contributed by atoms with E-state index in [0.29, 0.717) is 0 Å². The summed E-state index contributed by atoms with van der Waals surface area (Å²) in [5.41, 5.74) is 1.27. The molecule has 1 aromatic carbocycles. The van der Waals surface area contributed by atoms with E-state index in [2.05, 4.69) is 50.5 Å².